The Kier molecular flexibility index (Phi) is 3.99. The van der Waals surface area contributed by atoms with Crippen molar-refractivity contribution >= 4 is 17.3 Å². The van der Waals surface area contributed by atoms with E-state index < -0.39 is 5.97 Å². The number of ether oxygens (including phenoxy) is 1. The van der Waals surface area contributed by atoms with Crippen molar-refractivity contribution in [3.8, 4) is 0 Å². The van der Waals surface area contributed by atoms with Crippen LogP contribution in [0.1, 0.15) is 24.2 Å². The van der Waals surface area contributed by atoms with Crippen LogP contribution in [-0.2, 0) is 4.74 Å². The first-order chi connectivity index (χ1) is 7.58. The maximum Gasteiger partial charge on any atom is 0.337 e. The lowest BCUT2D eigenvalue weighted by molar-refractivity contribution is 0.0601. The lowest BCUT2D eigenvalue weighted by Crippen LogP contribution is -2.10. The van der Waals surface area contributed by atoms with Gasteiger partial charge in [0.1, 0.15) is 5.69 Å². The van der Waals surface area contributed by atoms with Gasteiger partial charge in [-0.3, -0.25) is 0 Å². The number of esters is 1. The van der Waals surface area contributed by atoms with Gasteiger partial charge in [0.05, 0.1) is 18.4 Å². The highest BCUT2D eigenvalue weighted by Crippen LogP contribution is 2.26. The van der Waals surface area contributed by atoms with Crippen molar-refractivity contribution in [2.24, 2.45) is 5.11 Å². The Balaban J connectivity index is 3.06. The summed E-state index contributed by atoms with van der Waals surface area (Å²) in [6.45, 7) is 3.98. The molecule has 0 bridgehead atoms. The molecule has 0 fully saturated rings. The van der Waals surface area contributed by atoms with Crippen LogP contribution in [0.25, 0.3) is 0 Å². The molecule has 5 nitrogen and oxygen atoms in total. The van der Waals surface area contributed by atoms with Gasteiger partial charge in [0.15, 0.2) is 0 Å². The zero-order chi connectivity index (χ0) is 12.1. The average molecular weight is 221 g/mol. The smallest absolute Gasteiger partial charge is 0.337 e. The summed E-state index contributed by atoms with van der Waals surface area (Å²) >= 11 is 0. The predicted octanol–water partition coefficient (Wildman–Crippen LogP) is 2.96. The minimum Gasteiger partial charge on any atom is -0.465 e. The van der Waals surface area contributed by atoms with Crippen LogP contribution in [0.3, 0.4) is 0 Å². The lowest BCUT2D eigenvalue weighted by atomic mass is 10.1. The monoisotopic (exact) mass is 221 g/mol. The number of nitrogens with zero attached hydrogens (tertiary/aromatic N) is 1. The summed E-state index contributed by atoms with van der Waals surface area (Å²) in [6, 6.07) is 5.14. The molecule has 0 atom stereocenters. The Bertz CT molecular complexity index is 402. The summed E-state index contributed by atoms with van der Waals surface area (Å²) in [5.41, 5.74) is 8.61. The molecule has 2 N–H and O–H groups in total. The Morgan fingerprint density at radius 2 is 2.19 bits per heavy atom. The fourth-order valence-electron chi connectivity index (χ4n) is 1.30. The third kappa shape index (κ3) is 2.79. The van der Waals surface area contributed by atoms with Crippen LogP contribution in [0.15, 0.2) is 23.3 Å². The molecule has 0 amide bonds. The van der Waals surface area contributed by atoms with Gasteiger partial charge < -0.3 is 10.1 Å². The molecule has 0 spiro atoms. The fourth-order valence-corrected chi connectivity index (χ4v) is 1.30. The molecule has 86 valence electrons. The molecular formula is C11H15N3O2. The van der Waals surface area contributed by atoms with E-state index in [0.29, 0.717) is 11.3 Å². The molecule has 0 aliphatic rings. The summed E-state index contributed by atoms with van der Waals surface area (Å²) < 4.78 is 4.59. The minimum absolute atomic E-state index is 0.240. The topological polar surface area (TPSA) is 74.5 Å². The van der Waals surface area contributed by atoms with Gasteiger partial charge in [0, 0.05) is 6.04 Å². The van der Waals surface area contributed by atoms with Crippen LogP contribution in [0.5, 0.6) is 0 Å². The van der Waals surface area contributed by atoms with Gasteiger partial charge in [-0.1, -0.05) is 0 Å². The molecule has 0 heterocycles. The van der Waals surface area contributed by atoms with Crippen LogP contribution in [0.4, 0.5) is 11.4 Å². The quantitative estimate of drug-likeness (QED) is 0.606. The van der Waals surface area contributed by atoms with Crippen LogP contribution >= 0.6 is 0 Å². The van der Waals surface area contributed by atoms with Crippen molar-refractivity contribution in [2.45, 2.75) is 19.9 Å². The van der Waals surface area contributed by atoms with Gasteiger partial charge in [0.2, 0.25) is 0 Å². The molecule has 1 aromatic carbocycles. The number of anilines is 1. The van der Waals surface area contributed by atoms with E-state index in [1.807, 2.05) is 13.8 Å². The van der Waals surface area contributed by atoms with Gasteiger partial charge in [-0.05, 0) is 32.0 Å². The molecule has 5 heteroatoms. The number of rotatable bonds is 4. The molecular weight excluding hydrogens is 206 g/mol. The Morgan fingerprint density at radius 3 is 2.69 bits per heavy atom. The van der Waals surface area contributed by atoms with E-state index in [-0.39, 0.29) is 6.04 Å². The number of benzene rings is 1. The molecule has 0 aliphatic heterocycles. The largest absolute Gasteiger partial charge is 0.465 e. The first kappa shape index (κ1) is 12.2. The second-order valence-corrected chi connectivity index (χ2v) is 3.63. The summed E-state index contributed by atoms with van der Waals surface area (Å²) in [4.78, 5) is 11.3. The van der Waals surface area contributed by atoms with Gasteiger partial charge in [-0.2, -0.15) is 5.11 Å². The fraction of sp³-hybridized carbons (Fsp3) is 0.364. The number of hydrogen-bond donors (Lipinski definition) is 2. The molecule has 0 aromatic heterocycles. The van der Waals surface area contributed by atoms with Crippen molar-refractivity contribution in [3.63, 3.8) is 0 Å². The van der Waals surface area contributed by atoms with E-state index in [0.717, 1.165) is 5.69 Å². The van der Waals surface area contributed by atoms with Gasteiger partial charge in [-0.15, -0.1) is 0 Å². The Hall–Kier alpha value is -1.91. The van der Waals surface area contributed by atoms with Crippen molar-refractivity contribution < 1.29 is 9.53 Å². The van der Waals surface area contributed by atoms with Crippen LogP contribution < -0.4 is 5.32 Å². The second kappa shape index (κ2) is 5.25. The van der Waals surface area contributed by atoms with E-state index in [2.05, 4.69) is 15.2 Å². The maximum atomic E-state index is 11.3. The van der Waals surface area contributed by atoms with Gasteiger partial charge in [0.25, 0.3) is 0 Å². The van der Waals surface area contributed by atoms with Gasteiger partial charge >= 0.3 is 5.97 Å². The molecule has 16 heavy (non-hydrogen) atoms. The van der Waals surface area contributed by atoms with E-state index in [1.165, 1.54) is 13.2 Å². The van der Waals surface area contributed by atoms with Crippen molar-refractivity contribution in [3.05, 3.63) is 23.8 Å². The molecule has 1 aromatic rings. The van der Waals surface area contributed by atoms with E-state index in [1.54, 1.807) is 12.1 Å². The maximum absolute atomic E-state index is 11.3. The third-order valence-electron chi connectivity index (χ3n) is 1.98. The first-order valence-electron chi connectivity index (χ1n) is 4.95. The highest BCUT2D eigenvalue weighted by atomic mass is 16.5. The first-order valence-corrected chi connectivity index (χ1v) is 4.95. The van der Waals surface area contributed by atoms with E-state index in [9.17, 15) is 4.79 Å². The third-order valence-corrected chi connectivity index (χ3v) is 1.98. The molecule has 0 aliphatic carbocycles. The van der Waals surface area contributed by atoms with Crippen LogP contribution in [0.2, 0.25) is 0 Å². The zero-order valence-corrected chi connectivity index (χ0v) is 9.57. The number of carbonyl (C=O) groups is 1. The molecule has 0 saturated carbocycles. The highest BCUT2D eigenvalue weighted by Gasteiger charge is 2.09. The number of nitrogens with one attached hydrogen (secondary N) is 2. The summed E-state index contributed by atoms with van der Waals surface area (Å²) in [6.07, 6.45) is 0. The van der Waals surface area contributed by atoms with Crippen LogP contribution in [-0.4, -0.2) is 19.1 Å². The standard InChI is InChI=1S/C11H15N3O2/c1-7(2)13-9-5-4-8(11(15)16-3)6-10(9)14-12/h4-7,12-13H,1-3H3. The van der Waals surface area contributed by atoms with Crippen molar-refractivity contribution in [1.29, 1.82) is 5.53 Å². The number of carbonyl (C=O) groups excluding carboxylic acids is 1. The SMILES string of the molecule is COC(=O)c1ccc(NC(C)C)c(N=N)c1. The minimum atomic E-state index is -0.430. The Morgan fingerprint density at radius 1 is 1.50 bits per heavy atom. The number of hydrogen-bond acceptors (Lipinski definition) is 5. The molecule has 1 rings (SSSR count). The van der Waals surface area contributed by atoms with Gasteiger partial charge in [-0.25, -0.2) is 10.3 Å². The van der Waals surface area contributed by atoms with E-state index in [4.69, 9.17) is 5.53 Å². The summed E-state index contributed by atoms with van der Waals surface area (Å²) in [5, 5.41) is 6.52. The number of methoxy groups -OCH3 is 1. The second-order valence-electron chi connectivity index (χ2n) is 3.63. The highest BCUT2D eigenvalue weighted by molar-refractivity contribution is 5.91. The summed E-state index contributed by atoms with van der Waals surface area (Å²) in [5.74, 6) is -0.430. The zero-order valence-electron chi connectivity index (χ0n) is 9.57. The predicted molar refractivity (Wildman–Crippen MR) is 61.3 cm³/mol. The molecule has 0 radical (unpaired) electrons. The normalized spacial score (nSPS) is 10.0. The molecule has 0 unspecified atom stereocenters. The van der Waals surface area contributed by atoms with Crippen LogP contribution in [0, 0.1) is 5.53 Å². The summed E-state index contributed by atoms with van der Waals surface area (Å²) in [7, 11) is 1.32. The Labute approximate surface area is 94.3 Å². The van der Waals surface area contributed by atoms with E-state index >= 15 is 0 Å². The van der Waals surface area contributed by atoms with Crippen molar-refractivity contribution in [1.82, 2.24) is 0 Å². The van der Waals surface area contributed by atoms with Crippen molar-refractivity contribution in [2.75, 3.05) is 12.4 Å². The lowest BCUT2D eigenvalue weighted by Gasteiger charge is -2.12. The average Bonchev–Trinajstić information content (AvgIpc) is 2.27. The molecule has 0 saturated heterocycles.